The fourth-order valence-electron chi connectivity index (χ4n) is 1.44. The number of thiol groups is 1. The SMILES string of the molecule is Cc1ccc(O)c(CC/C=C\CO[SH](=O)=O)c1. The van der Waals surface area contributed by atoms with Gasteiger partial charge in [0.25, 0.3) is 11.0 Å². The summed E-state index contributed by atoms with van der Waals surface area (Å²) in [6.45, 7) is 2.04. The van der Waals surface area contributed by atoms with Crippen LogP contribution in [0.25, 0.3) is 0 Å². The molecule has 94 valence electrons. The minimum absolute atomic E-state index is 0.0680. The van der Waals surface area contributed by atoms with Crippen LogP contribution in [0.1, 0.15) is 17.5 Å². The van der Waals surface area contributed by atoms with Crippen molar-refractivity contribution < 1.29 is 17.7 Å². The second-order valence-electron chi connectivity index (χ2n) is 3.66. The van der Waals surface area contributed by atoms with Crippen LogP contribution in [0, 0.1) is 6.92 Å². The van der Waals surface area contributed by atoms with Crippen LogP contribution in [0.5, 0.6) is 5.75 Å². The van der Waals surface area contributed by atoms with Crippen LogP contribution in [-0.2, 0) is 21.6 Å². The number of allylic oxidation sites excluding steroid dienone is 1. The van der Waals surface area contributed by atoms with E-state index in [0.29, 0.717) is 12.2 Å². The maximum Gasteiger partial charge on any atom is 0.257 e. The third-order valence-electron chi connectivity index (χ3n) is 2.26. The Morgan fingerprint density at radius 3 is 2.82 bits per heavy atom. The highest BCUT2D eigenvalue weighted by Crippen LogP contribution is 2.19. The molecule has 1 N–H and O–H groups in total. The highest BCUT2D eigenvalue weighted by molar-refractivity contribution is 7.67. The monoisotopic (exact) mass is 256 g/mol. The number of benzene rings is 1. The lowest BCUT2D eigenvalue weighted by molar-refractivity contribution is 0.374. The van der Waals surface area contributed by atoms with E-state index in [9.17, 15) is 13.5 Å². The van der Waals surface area contributed by atoms with E-state index in [4.69, 9.17) is 0 Å². The van der Waals surface area contributed by atoms with Crippen LogP contribution in [0.3, 0.4) is 0 Å². The molecular formula is C12H16O4S. The Kier molecular flexibility index (Phi) is 5.72. The first-order valence-electron chi connectivity index (χ1n) is 5.30. The smallest absolute Gasteiger partial charge is 0.257 e. The van der Waals surface area contributed by atoms with Crippen LogP contribution in [0.2, 0.25) is 0 Å². The lowest BCUT2D eigenvalue weighted by atomic mass is 10.1. The third-order valence-corrected chi connectivity index (χ3v) is 2.62. The molecule has 0 aliphatic rings. The second-order valence-corrected chi connectivity index (χ2v) is 4.37. The molecule has 0 atom stereocenters. The summed E-state index contributed by atoms with van der Waals surface area (Å²) >= 11 is 0. The molecule has 1 aromatic rings. The van der Waals surface area contributed by atoms with Crippen molar-refractivity contribution in [3.63, 3.8) is 0 Å². The van der Waals surface area contributed by atoms with Gasteiger partial charge in [-0.15, -0.1) is 0 Å². The first kappa shape index (κ1) is 13.7. The van der Waals surface area contributed by atoms with Crippen LogP contribution < -0.4 is 0 Å². The zero-order valence-corrected chi connectivity index (χ0v) is 10.5. The van der Waals surface area contributed by atoms with Gasteiger partial charge in [0.15, 0.2) is 0 Å². The summed E-state index contributed by atoms with van der Waals surface area (Å²) in [7, 11) is -2.77. The van der Waals surface area contributed by atoms with Crippen molar-refractivity contribution in [2.24, 2.45) is 0 Å². The average Bonchev–Trinajstić information content (AvgIpc) is 2.27. The molecule has 0 aliphatic carbocycles. The molecule has 0 bridgehead atoms. The van der Waals surface area contributed by atoms with Gasteiger partial charge >= 0.3 is 0 Å². The fraction of sp³-hybridized carbons (Fsp3) is 0.333. The van der Waals surface area contributed by atoms with Crippen molar-refractivity contribution in [3.05, 3.63) is 41.5 Å². The van der Waals surface area contributed by atoms with Crippen LogP contribution in [0.15, 0.2) is 30.4 Å². The minimum Gasteiger partial charge on any atom is -0.508 e. The molecule has 0 unspecified atom stereocenters. The fourth-order valence-corrected chi connectivity index (χ4v) is 1.65. The quantitative estimate of drug-likeness (QED) is 0.601. The molecule has 17 heavy (non-hydrogen) atoms. The van der Waals surface area contributed by atoms with E-state index in [1.54, 1.807) is 12.1 Å². The number of hydrogen-bond acceptors (Lipinski definition) is 4. The van der Waals surface area contributed by atoms with Crippen molar-refractivity contribution >= 4 is 11.0 Å². The predicted octanol–water partition coefficient (Wildman–Crippen LogP) is 1.73. The van der Waals surface area contributed by atoms with Crippen LogP contribution in [-0.4, -0.2) is 20.1 Å². The molecule has 1 aromatic carbocycles. The number of phenolic OH excluding ortho intramolecular Hbond substituents is 1. The summed E-state index contributed by atoms with van der Waals surface area (Å²) in [6.07, 6.45) is 4.93. The molecule has 1 rings (SSSR count). The minimum atomic E-state index is -2.77. The molecule has 0 amide bonds. The Hall–Kier alpha value is -1.33. The number of rotatable bonds is 6. The van der Waals surface area contributed by atoms with Crippen molar-refractivity contribution in [1.29, 1.82) is 0 Å². The van der Waals surface area contributed by atoms with E-state index in [1.807, 2.05) is 25.1 Å². The van der Waals surface area contributed by atoms with Crippen molar-refractivity contribution in [2.45, 2.75) is 19.8 Å². The predicted molar refractivity (Wildman–Crippen MR) is 66.6 cm³/mol. The van der Waals surface area contributed by atoms with Gasteiger partial charge < -0.3 is 5.11 Å². The summed E-state index contributed by atoms with van der Waals surface area (Å²) in [5, 5.41) is 9.58. The van der Waals surface area contributed by atoms with Gasteiger partial charge in [-0.05, 0) is 31.4 Å². The normalized spacial score (nSPS) is 11.4. The number of aromatic hydroxyl groups is 1. The van der Waals surface area contributed by atoms with E-state index in [1.165, 1.54) is 0 Å². The van der Waals surface area contributed by atoms with Gasteiger partial charge in [0.1, 0.15) is 5.75 Å². The van der Waals surface area contributed by atoms with E-state index < -0.39 is 11.0 Å². The van der Waals surface area contributed by atoms with Gasteiger partial charge in [-0.1, -0.05) is 29.8 Å². The summed E-state index contributed by atoms with van der Waals surface area (Å²) in [4.78, 5) is 0. The summed E-state index contributed by atoms with van der Waals surface area (Å²) < 4.78 is 24.5. The zero-order chi connectivity index (χ0) is 12.7. The summed E-state index contributed by atoms with van der Waals surface area (Å²) in [5.74, 6) is 0.294. The van der Waals surface area contributed by atoms with E-state index in [0.717, 1.165) is 17.5 Å². The molecule has 0 radical (unpaired) electrons. The Labute approximate surface area is 103 Å². The Balaban J connectivity index is 2.37. The molecular weight excluding hydrogens is 240 g/mol. The van der Waals surface area contributed by atoms with E-state index >= 15 is 0 Å². The Bertz CT molecular complexity index is 456. The molecule has 0 saturated carbocycles. The standard InChI is InChI=1S/C12H16O4S/c1-10-6-7-12(13)11(9-10)5-3-2-4-8-16-17(14)15/h2,4,6-7,9,13,17H,3,5,8H2,1H3/b4-2-. The Morgan fingerprint density at radius 2 is 2.12 bits per heavy atom. The maximum atomic E-state index is 10.1. The van der Waals surface area contributed by atoms with Gasteiger partial charge in [0.2, 0.25) is 0 Å². The highest BCUT2D eigenvalue weighted by atomic mass is 32.2. The third kappa shape index (κ3) is 5.51. The lowest BCUT2D eigenvalue weighted by Gasteiger charge is -2.03. The largest absolute Gasteiger partial charge is 0.508 e. The van der Waals surface area contributed by atoms with Crippen molar-refractivity contribution in [1.82, 2.24) is 0 Å². The van der Waals surface area contributed by atoms with Gasteiger partial charge in [-0.2, -0.15) is 0 Å². The lowest BCUT2D eigenvalue weighted by Crippen LogP contribution is -1.88. The number of hydrogen-bond donors (Lipinski definition) is 2. The van der Waals surface area contributed by atoms with Crippen molar-refractivity contribution in [3.8, 4) is 5.75 Å². The zero-order valence-electron chi connectivity index (χ0n) is 9.63. The van der Waals surface area contributed by atoms with Gasteiger partial charge in [-0.25, -0.2) is 8.42 Å². The topological polar surface area (TPSA) is 63.6 Å². The second kappa shape index (κ2) is 7.09. The molecule has 0 heterocycles. The van der Waals surface area contributed by atoms with Gasteiger partial charge in [-0.3, -0.25) is 4.18 Å². The summed E-state index contributed by atoms with van der Waals surface area (Å²) in [6, 6.07) is 5.47. The first-order valence-corrected chi connectivity index (χ1v) is 6.40. The molecule has 0 saturated heterocycles. The first-order chi connectivity index (χ1) is 8.09. The molecule has 5 heteroatoms. The number of aryl methyl sites for hydroxylation is 2. The number of phenols is 1. The van der Waals surface area contributed by atoms with Crippen LogP contribution in [0.4, 0.5) is 0 Å². The van der Waals surface area contributed by atoms with Gasteiger partial charge in [0, 0.05) is 0 Å². The maximum absolute atomic E-state index is 10.1. The Morgan fingerprint density at radius 1 is 1.35 bits per heavy atom. The highest BCUT2D eigenvalue weighted by Gasteiger charge is 1.99. The van der Waals surface area contributed by atoms with E-state index in [2.05, 4.69) is 4.18 Å². The van der Waals surface area contributed by atoms with Crippen molar-refractivity contribution in [2.75, 3.05) is 6.61 Å². The molecule has 4 nitrogen and oxygen atoms in total. The molecule has 0 aliphatic heterocycles. The molecule has 0 fully saturated rings. The molecule has 0 spiro atoms. The van der Waals surface area contributed by atoms with Crippen LogP contribution >= 0.6 is 0 Å². The van der Waals surface area contributed by atoms with E-state index in [-0.39, 0.29) is 6.61 Å². The van der Waals surface area contributed by atoms with Gasteiger partial charge in [0.05, 0.1) is 6.61 Å². The summed E-state index contributed by atoms with van der Waals surface area (Å²) in [5.41, 5.74) is 2.00. The average molecular weight is 256 g/mol. The molecule has 0 aromatic heterocycles.